The highest BCUT2D eigenvalue weighted by molar-refractivity contribution is 5.94. The highest BCUT2D eigenvalue weighted by atomic mass is 19.1. The van der Waals surface area contributed by atoms with Gasteiger partial charge in [-0.15, -0.1) is 0 Å². The first-order chi connectivity index (χ1) is 13.1. The molecule has 2 heterocycles. The Morgan fingerprint density at radius 2 is 1.96 bits per heavy atom. The standard InChI is InChI=1S/C21H20FN3O2/c1-15-5-7-16(8-6-15)21(26)24-9-10-25-19(13-24)12-18(23-25)14-27-20-4-2-3-17(22)11-20/h2-8,11-12H,9-10,13-14H2,1H3. The minimum Gasteiger partial charge on any atom is -0.487 e. The molecule has 0 aliphatic carbocycles. The number of fused-ring (bicyclic) bond motifs is 1. The molecule has 3 aromatic rings. The first kappa shape index (κ1) is 17.3. The molecule has 1 aliphatic heterocycles. The molecule has 1 aliphatic rings. The Bertz CT molecular complexity index is 966. The van der Waals surface area contributed by atoms with Gasteiger partial charge in [-0.05, 0) is 37.3 Å². The highest BCUT2D eigenvalue weighted by Gasteiger charge is 2.23. The fourth-order valence-corrected chi connectivity index (χ4v) is 3.16. The van der Waals surface area contributed by atoms with E-state index in [1.165, 1.54) is 12.1 Å². The van der Waals surface area contributed by atoms with Gasteiger partial charge in [0.25, 0.3) is 5.91 Å². The van der Waals surface area contributed by atoms with Crippen LogP contribution in [0.5, 0.6) is 5.75 Å². The van der Waals surface area contributed by atoms with Crippen LogP contribution in [-0.4, -0.2) is 27.1 Å². The normalized spacial score (nSPS) is 13.3. The van der Waals surface area contributed by atoms with Crippen LogP contribution in [0.3, 0.4) is 0 Å². The molecule has 27 heavy (non-hydrogen) atoms. The number of halogens is 1. The van der Waals surface area contributed by atoms with Gasteiger partial charge in [0.05, 0.1) is 18.8 Å². The first-order valence-corrected chi connectivity index (χ1v) is 8.88. The fraction of sp³-hybridized carbons (Fsp3) is 0.238. The summed E-state index contributed by atoms with van der Waals surface area (Å²) in [6.07, 6.45) is 0. The molecule has 1 amide bonds. The molecule has 0 atom stereocenters. The number of aromatic nitrogens is 2. The van der Waals surface area contributed by atoms with Gasteiger partial charge in [0.1, 0.15) is 23.9 Å². The van der Waals surface area contributed by atoms with Crippen LogP contribution < -0.4 is 4.74 Å². The van der Waals surface area contributed by atoms with Crippen LogP contribution in [0.4, 0.5) is 4.39 Å². The fourth-order valence-electron chi connectivity index (χ4n) is 3.16. The summed E-state index contributed by atoms with van der Waals surface area (Å²) in [6, 6.07) is 15.6. The van der Waals surface area contributed by atoms with Crippen molar-refractivity contribution < 1.29 is 13.9 Å². The topological polar surface area (TPSA) is 47.4 Å². The van der Waals surface area contributed by atoms with Gasteiger partial charge in [-0.1, -0.05) is 23.8 Å². The summed E-state index contributed by atoms with van der Waals surface area (Å²) in [5.74, 6) is 0.166. The third-order valence-electron chi connectivity index (χ3n) is 4.62. The van der Waals surface area contributed by atoms with Crippen LogP contribution >= 0.6 is 0 Å². The Labute approximate surface area is 157 Å². The zero-order valence-corrected chi connectivity index (χ0v) is 15.1. The van der Waals surface area contributed by atoms with E-state index in [1.807, 2.05) is 46.8 Å². The van der Waals surface area contributed by atoms with Crippen molar-refractivity contribution >= 4 is 5.91 Å². The minimum atomic E-state index is -0.332. The lowest BCUT2D eigenvalue weighted by molar-refractivity contribution is 0.0706. The number of nitrogens with zero attached hydrogens (tertiary/aromatic N) is 3. The van der Waals surface area contributed by atoms with Crippen LogP contribution in [0.25, 0.3) is 0 Å². The van der Waals surface area contributed by atoms with Crippen LogP contribution in [0.2, 0.25) is 0 Å². The predicted octanol–water partition coefficient (Wildman–Crippen LogP) is 3.57. The third kappa shape index (κ3) is 3.84. The van der Waals surface area contributed by atoms with Crippen molar-refractivity contribution in [2.75, 3.05) is 6.54 Å². The van der Waals surface area contributed by atoms with E-state index in [1.54, 1.807) is 12.1 Å². The number of hydrogen-bond donors (Lipinski definition) is 0. The van der Waals surface area contributed by atoms with Gasteiger partial charge in [-0.25, -0.2) is 4.39 Å². The van der Waals surface area contributed by atoms with Crippen molar-refractivity contribution in [1.29, 1.82) is 0 Å². The summed E-state index contributed by atoms with van der Waals surface area (Å²) in [5.41, 5.74) is 3.56. The summed E-state index contributed by atoms with van der Waals surface area (Å²) in [5, 5.41) is 4.53. The van der Waals surface area contributed by atoms with E-state index < -0.39 is 0 Å². The van der Waals surface area contributed by atoms with E-state index in [4.69, 9.17) is 4.74 Å². The number of carbonyl (C=O) groups is 1. The van der Waals surface area contributed by atoms with Crippen molar-refractivity contribution in [3.05, 3.63) is 82.9 Å². The van der Waals surface area contributed by atoms with Crippen LogP contribution in [0, 0.1) is 12.7 Å². The largest absolute Gasteiger partial charge is 0.487 e. The Hall–Kier alpha value is -3.15. The highest BCUT2D eigenvalue weighted by Crippen LogP contribution is 2.19. The average molecular weight is 365 g/mol. The number of amides is 1. The van der Waals surface area contributed by atoms with Crippen molar-refractivity contribution in [2.45, 2.75) is 26.6 Å². The van der Waals surface area contributed by atoms with E-state index in [2.05, 4.69) is 5.10 Å². The molecule has 0 saturated carbocycles. The lowest BCUT2D eigenvalue weighted by atomic mass is 10.1. The quantitative estimate of drug-likeness (QED) is 0.710. The second kappa shape index (κ2) is 7.23. The Kier molecular flexibility index (Phi) is 4.62. The van der Waals surface area contributed by atoms with Gasteiger partial charge in [0.2, 0.25) is 0 Å². The molecule has 0 bridgehead atoms. The van der Waals surface area contributed by atoms with Crippen molar-refractivity contribution in [1.82, 2.24) is 14.7 Å². The van der Waals surface area contributed by atoms with Crippen molar-refractivity contribution in [3.63, 3.8) is 0 Å². The van der Waals surface area contributed by atoms with Crippen LogP contribution in [-0.2, 0) is 19.7 Å². The smallest absolute Gasteiger partial charge is 0.254 e. The number of aryl methyl sites for hydroxylation is 1. The van der Waals surface area contributed by atoms with Crippen molar-refractivity contribution in [3.8, 4) is 5.75 Å². The molecular weight excluding hydrogens is 345 g/mol. The van der Waals surface area contributed by atoms with E-state index >= 15 is 0 Å². The van der Waals surface area contributed by atoms with Crippen LogP contribution in [0.15, 0.2) is 54.6 Å². The summed E-state index contributed by atoms with van der Waals surface area (Å²) in [7, 11) is 0. The SMILES string of the molecule is Cc1ccc(C(=O)N2CCn3nc(COc4cccc(F)c4)cc3C2)cc1. The molecule has 2 aromatic carbocycles. The molecule has 0 N–H and O–H groups in total. The molecule has 138 valence electrons. The summed E-state index contributed by atoms with van der Waals surface area (Å²) in [6.45, 7) is 4.04. The number of rotatable bonds is 4. The summed E-state index contributed by atoms with van der Waals surface area (Å²) >= 11 is 0. The summed E-state index contributed by atoms with van der Waals surface area (Å²) in [4.78, 5) is 14.5. The third-order valence-corrected chi connectivity index (χ3v) is 4.62. The van der Waals surface area contributed by atoms with Gasteiger partial charge in [-0.2, -0.15) is 5.10 Å². The van der Waals surface area contributed by atoms with Gasteiger partial charge in [-0.3, -0.25) is 9.48 Å². The molecule has 0 spiro atoms. The van der Waals surface area contributed by atoms with Gasteiger partial charge in [0, 0.05) is 18.2 Å². The monoisotopic (exact) mass is 365 g/mol. The van der Waals surface area contributed by atoms with Gasteiger partial charge >= 0.3 is 0 Å². The number of ether oxygens (including phenoxy) is 1. The molecule has 0 saturated heterocycles. The number of hydrogen-bond acceptors (Lipinski definition) is 3. The maximum absolute atomic E-state index is 13.2. The molecule has 0 unspecified atom stereocenters. The van der Waals surface area contributed by atoms with Gasteiger partial charge < -0.3 is 9.64 Å². The number of benzene rings is 2. The molecule has 0 fully saturated rings. The zero-order valence-electron chi connectivity index (χ0n) is 15.1. The Morgan fingerprint density at radius 1 is 1.15 bits per heavy atom. The molecule has 0 radical (unpaired) electrons. The maximum atomic E-state index is 13.2. The van der Waals surface area contributed by atoms with E-state index in [-0.39, 0.29) is 18.3 Å². The number of carbonyl (C=O) groups excluding carboxylic acids is 1. The zero-order chi connectivity index (χ0) is 18.8. The predicted molar refractivity (Wildman–Crippen MR) is 98.9 cm³/mol. The molecule has 6 heteroatoms. The molecular formula is C21H20FN3O2. The lowest BCUT2D eigenvalue weighted by Crippen LogP contribution is -2.38. The first-order valence-electron chi connectivity index (χ1n) is 8.88. The molecule has 5 nitrogen and oxygen atoms in total. The van der Waals surface area contributed by atoms with Gasteiger partial charge in [0.15, 0.2) is 0 Å². The Balaban J connectivity index is 1.42. The van der Waals surface area contributed by atoms with E-state index in [0.29, 0.717) is 30.9 Å². The average Bonchev–Trinajstić information content (AvgIpc) is 3.08. The molecule has 4 rings (SSSR count). The summed E-state index contributed by atoms with van der Waals surface area (Å²) < 4.78 is 20.7. The Morgan fingerprint density at radius 3 is 2.74 bits per heavy atom. The van der Waals surface area contributed by atoms with E-state index in [0.717, 1.165) is 17.0 Å². The lowest BCUT2D eigenvalue weighted by Gasteiger charge is -2.27. The van der Waals surface area contributed by atoms with E-state index in [9.17, 15) is 9.18 Å². The minimum absolute atomic E-state index is 0.0278. The van der Waals surface area contributed by atoms with Crippen LogP contribution in [0.1, 0.15) is 27.3 Å². The molecule has 1 aromatic heterocycles. The second-order valence-corrected chi connectivity index (χ2v) is 6.69. The second-order valence-electron chi connectivity index (χ2n) is 6.69. The maximum Gasteiger partial charge on any atom is 0.254 e. The van der Waals surface area contributed by atoms with Crippen molar-refractivity contribution in [2.24, 2.45) is 0 Å².